The molecule has 3 aromatic rings. The summed E-state index contributed by atoms with van der Waals surface area (Å²) in [5.74, 6) is -4.17. The van der Waals surface area contributed by atoms with Crippen LogP contribution < -0.4 is 0 Å². The van der Waals surface area contributed by atoms with Gasteiger partial charge in [0.25, 0.3) is 0 Å². The summed E-state index contributed by atoms with van der Waals surface area (Å²) in [5.41, 5.74) is 0.239. The maximum atomic E-state index is 13.7. The van der Waals surface area contributed by atoms with E-state index in [4.69, 9.17) is 27.9 Å². The number of aromatic nitrogens is 1. The van der Waals surface area contributed by atoms with Gasteiger partial charge < -0.3 is 9.84 Å². The van der Waals surface area contributed by atoms with Crippen LogP contribution in [0.5, 0.6) is 0 Å². The van der Waals surface area contributed by atoms with Crippen molar-refractivity contribution in [3.63, 3.8) is 0 Å². The third kappa shape index (κ3) is 5.06. The summed E-state index contributed by atoms with van der Waals surface area (Å²) in [7, 11) is 0. The van der Waals surface area contributed by atoms with Crippen LogP contribution in [0.15, 0.2) is 40.6 Å². The highest BCUT2D eigenvalue weighted by Gasteiger charge is 2.43. The second kappa shape index (κ2) is 10.1. The lowest BCUT2D eigenvalue weighted by molar-refractivity contribution is -0.0982. The third-order valence-corrected chi connectivity index (χ3v) is 8.85. The van der Waals surface area contributed by atoms with E-state index >= 15 is 0 Å². The van der Waals surface area contributed by atoms with Crippen molar-refractivity contribution < 1.29 is 23.0 Å². The molecule has 2 aromatic carbocycles. The number of ether oxygens (including phenoxy) is 1. The van der Waals surface area contributed by atoms with Gasteiger partial charge in [-0.05, 0) is 36.2 Å². The maximum absolute atomic E-state index is 13.7. The minimum atomic E-state index is -1.51. The zero-order valence-electron chi connectivity index (χ0n) is 17.6. The molecule has 1 fully saturated rings. The van der Waals surface area contributed by atoms with E-state index in [1.165, 1.54) is 23.1 Å². The molecule has 1 aliphatic rings. The molecule has 1 aliphatic heterocycles. The summed E-state index contributed by atoms with van der Waals surface area (Å²) in [6, 6.07) is 7.22. The van der Waals surface area contributed by atoms with Crippen molar-refractivity contribution >= 4 is 46.3 Å². The van der Waals surface area contributed by atoms with Crippen LogP contribution in [0.4, 0.5) is 13.2 Å². The Hall–Kier alpha value is -1.29. The summed E-state index contributed by atoms with van der Waals surface area (Å²) in [6.45, 7) is 3.87. The SMILES string of the molecule is CC1[C@@H](Sc2ccc(Cl)c(Cl)c2)OC(CO)[C@H](C)[C@@H]1c1nc(-c2cc(F)c(F)c(F)c2)cs1. The highest BCUT2D eigenvalue weighted by atomic mass is 35.5. The first-order valence-corrected chi connectivity index (χ1v) is 12.7. The number of benzene rings is 2. The number of aliphatic hydroxyl groups is 1. The Morgan fingerprint density at radius 2 is 1.76 bits per heavy atom. The maximum Gasteiger partial charge on any atom is 0.194 e. The molecule has 176 valence electrons. The Balaban J connectivity index is 1.63. The van der Waals surface area contributed by atoms with E-state index in [1.807, 2.05) is 19.9 Å². The van der Waals surface area contributed by atoms with Crippen LogP contribution in [-0.2, 0) is 4.74 Å². The zero-order chi connectivity index (χ0) is 23.9. The van der Waals surface area contributed by atoms with Crippen LogP contribution in [0.3, 0.4) is 0 Å². The Morgan fingerprint density at radius 1 is 1.06 bits per heavy atom. The van der Waals surface area contributed by atoms with Crippen molar-refractivity contribution in [2.75, 3.05) is 6.61 Å². The third-order valence-electron chi connectivity index (χ3n) is 5.87. The Morgan fingerprint density at radius 3 is 2.39 bits per heavy atom. The molecule has 1 N–H and O–H groups in total. The first-order chi connectivity index (χ1) is 15.7. The van der Waals surface area contributed by atoms with Gasteiger partial charge in [0, 0.05) is 27.7 Å². The van der Waals surface area contributed by atoms with Gasteiger partial charge in [-0.3, -0.25) is 0 Å². The van der Waals surface area contributed by atoms with E-state index in [2.05, 4.69) is 4.98 Å². The number of rotatable bonds is 5. The fourth-order valence-corrected chi connectivity index (χ4v) is 6.76. The van der Waals surface area contributed by atoms with Gasteiger partial charge in [-0.1, -0.05) is 48.8 Å². The summed E-state index contributed by atoms with van der Waals surface area (Å²) < 4.78 is 47.0. The van der Waals surface area contributed by atoms with Gasteiger partial charge >= 0.3 is 0 Å². The van der Waals surface area contributed by atoms with E-state index in [0.717, 1.165) is 22.0 Å². The van der Waals surface area contributed by atoms with Gasteiger partial charge in [0.15, 0.2) is 17.5 Å². The molecule has 0 amide bonds. The minimum absolute atomic E-state index is 0.0112. The largest absolute Gasteiger partial charge is 0.394 e. The van der Waals surface area contributed by atoms with Crippen molar-refractivity contribution in [1.29, 1.82) is 0 Å². The highest BCUT2D eigenvalue weighted by Crippen LogP contribution is 2.48. The van der Waals surface area contributed by atoms with Gasteiger partial charge in [-0.25, -0.2) is 18.2 Å². The van der Waals surface area contributed by atoms with Gasteiger partial charge in [-0.15, -0.1) is 11.3 Å². The van der Waals surface area contributed by atoms with Gasteiger partial charge in [0.2, 0.25) is 0 Å². The fourth-order valence-electron chi connectivity index (χ4n) is 4.05. The lowest BCUT2D eigenvalue weighted by atomic mass is 9.79. The van der Waals surface area contributed by atoms with Crippen LogP contribution in [0, 0.1) is 29.3 Å². The molecule has 0 spiro atoms. The van der Waals surface area contributed by atoms with Crippen LogP contribution in [0.2, 0.25) is 10.0 Å². The number of hydrogen-bond acceptors (Lipinski definition) is 5. The molecule has 4 rings (SSSR count). The molecular formula is C23H20Cl2F3NO2S2. The molecule has 2 unspecified atom stereocenters. The number of hydrogen-bond donors (Lipinski definition) is 1. The van der Waals surface area contributed by atoms with Gasteiger partial charge in [0.05, 0.1) is 33.5 Å². The standard InChI is InChI=1S/C23H20Cl2F3NO2S2/c1-10-19(8-30)31-23(33-13-3-4-14(24)15(25)7-13)11(2)20(10)22-29-18(9-32-22)12-5-16(26)21(28)17(27)6-12/h3-7,9-11,19-20,23,30H,8H2,1-2H3/t10-,11?,19?,20-,23+/m0/s1. The molecule has 1 aromatic heterocycles. The average molecular weight is 534 g/mol. The monoisotopic (exact) mass is 533 g/mol. The molecule has 1 saturated heterocycles. The second-order valence-corrected chi connectivity index (χ2v) is 10.9. The second-order valence-electron chi connectivity index (χ2n) is 7.99. The van der Waals surface area contributed by atoms with Gasteiger partial charge in [-0.2, -0.15) is 0 Å². The molecule has 0 aliphatic carbocycles. The molecule has 5 atom stereocenters. The predicted molar refractivity (Wildman–Crippen MR) is 127 cm³/mol. The minimum Gasteiger partial charge on any atom is -0.394 e. The highest BCUT2D eigenvalue weighted by molar-refractivity contribution is 7.99. The summed E-state index contributed by atoms with van der Waals surface area (Å²) in [6.07, 6.45) is -0.417. The molecule has 0 bridgehead atoms. The van der Waals surface area contributed by atoms with E-state index in [0.29, 0.717) is 15.7 Å². The first kappa shape index (κ1) is 24.8. The predicted octanol–water partition coefficient (Wildman–Crippen LogP) is 7.40. The van der Waals surface area contributed by atoms with E-state index < -0.39 is 23.6 Å². The van der Waals surface area contributed by atoms with Gasteiger partial charge in [0.1, 0.15) is 5.44 Å². The summed E-state index contributed by atoms with van der Waals surface area (Å²) in [5, 5.41) is 13.3. The number of nitrogens with zero attached hydrogens (tertiary/aromatic N) is 1. The van der Waals surface area contributed by atoms with Crippen LogP contribution in [0.25, 0.3) is 11.3 Å². The average Bonchev–Trinajstić information content (AvgIpc) is 3.26. The summed E-state index contributed by atoms with van der Waals surface area (Å²) >= 11 is 15.0. The van der Waals surface area contributed by atoms with Crippen molar-refractivity contribution in [2.45, 2.75) is 36.2 Å². The number of thiazole rings is 1. The lowest BCUT2D eigenvalue weighted by Crippen LogP contribution is -2.44. The number of aliphatic hydroxyl groups excluding tert-OH is 1. The Kier molecular flexibility index (Phi) is 7.63. The van der Waals surface area contributed by atoms with E-state index in [1.54, 1.807) is 17.5 Å². The Labute approximate surface area is 207 Å². The van der Waals surface area contributed by atoms with Crippen LogP contribution in [0.1, 0.15) is 24.8 Å². The fraction of sp³-hybridized carbons (Fsp3) is 0.348. The summed E-state index contributed by atoms with van der Waals surface area (Å²) in [4.78, 5) is 5.51. The molecular weight excluding hydrogens is 514 g/mol. The van der Waals surface area contributed by atoms with Crippen molar-refractivity contribution in [2.24, 2.45) is 11.8 Å². The molecule has 10 heteroatoms. The van der Waals surface area contributed by atoms with E-state index in [-0.39, 0.29) is 35.4 Å². The molecule has 3 nitrogen and oxygen atoms in total. The molecule has 0 radical (unpaired) electrons. The Bertz CT molecular complexity index is 1140. The van der Waals surface area contributed by atoms with Crippen LogP contribution >= 0.6 is 46.3 Å². The van der Waals surface area contributed by atoms with Crippen molar-refractivity contribution in [3.8, 4) is 11.3 Å². The molecule has 2 heterocycles. The van der Waals surface area contributed by atoms with Crippen LogP contribution in [-0.4, -0.2) is 28.2 Å². The number of halogens is 5. The normalized spacial score (nSPS) is 25.4. The smallest absolute Gasteiger partial charge is 0.194 e. The quantitative estimate of drug-likeness (QED) is 0.347. The van der Waals surface area contributed by atoms with Crippen molar-refractivity contribution in [3.05, 3.63) is 68.2 Å². The molecule has 0 saturated carbocycles. The topological polar surface area (TPSA) is 42.4 Å². The number of thioether (sulfide) groups is 1. The molecule has 33 heavy (non-hydrogen) atoms. The lowest BCUT2D eigenvalue weighted by Gasteiger charge is -2.43. The zero-order valence-corrected chi connectivity index (χ0v) is 20.7. The van der Waals surface area contributed by atoms with E-state index in [9.17, 15) is 18.3 Å². The van der Waals surface area contributed by atoms with Crippen molar-refractivity contribution in [1.82, 2.24) is 4.98 Å². The first-order valence-electron chi connectivity index (χ1n) is 10.2.